The maximum atomic E-state index is 12.4. The van der Waals surface area contributed by atoms with Crippen LogP contribution in [0.5, 0.6) is 5.75 Å². The van der Waals surface area contributed by atoms with Crippen LogP contribution in [0, 0.1) is 20.8 Å². The van der Waals surface area contributed by atoms with Crippen molar-refractivity contribution >= 4 is 55.0 Å². The average molecular weight is 557 g/mol. The first-order chi connectivity index (χ1) is 15.6. The second-order valence-corrected chi connectivity index (χ2v) is 10.3. The zero-order valence-electron chi connectivity index (χ0n) is 18.2. The molecule has 33 heavy (non-hydrogen) atoms. The van der Waals surface area contributed by atoms with Crippen molar-refractivity contribution in [2.24, 2.45) is 0 Å². The Balaban J connectivity index is 1.49. The number of benzene rings is 2. The van der Waals surface area contributed by atoms with Crippen molar-refractivity contribution in [3.05, 3.63) is 62.8 Å². The summed E-state index contributed by atoms with van der Waals surface area (Å²) in [6.07, 6.45) is 0.753. The van der Waals surface area contributed by atoms with Crippen LogP contribution in [0.15, 0.2) is 50.3 Å². The molecule has 0 atom stereocenters. The van der Waals surface area contributed by atoms with Crippen LogP contribution in [-0.4, -0.2) is 26.1 Å². The maximum absolute atomic E-state index is 12.4. The Labute approximate surface area is 205 Å². The molecule has 0 spiro atoms. The molecule has 0 saturated carbocycles. The van der Waals surface area contributed by atoms with E-state index in [0.717, 1.165) is 15.6 Å². The Morgan fingerprint density at radius 3 is 2.52 bits per heavy atom. The molecule has 3 aromatic rings. The number of amides is 1. The molecule has 0 bridgehead atoms. The van der Waals surface area contributed by atoms with Crippen molar-refractivity contribution in [1.29, 1.82) is 0 Å². The fraction of sp³-hybridized carbons (Fsp3) is 0.273. The summed E-state index contributed by atoms with van der Waals surface area (Å²) in [6.45, 7) is 5.83. The Kier molecular flexibility index (Phi) is 8.04. The van der Waals surface area contributed by atoms with Gasteiger partial charge in [0, 0.05) is 23.2 Å². The minimum absolute atomic E-state index is 0.0358. The molecule has 1 aromatic heterocycles. The van der Waals surface area contributed by atoms with Crippen LogP contribution in [0.1, 0.15) is 29.7 Å². The van der Waals surface area contributed by atoms with E-state index in [1.54, 1.807) is 6.92 Å². The summed E-state index contributed by atoms with van der Waals surface area (Å²) >= 11 is 9.71. The van der Waals surface area contributed by atoms with Crippen LogP contribution >= 0.6 is 27.5 Å². The Morgan fingerprint density at radius 1 is 1.18 bits per heavy atom. The van der Waals surface area contributed by atoms with Gasteiger partial charge in [0.25, 0.3) is 10.0 Å². The van der Waals surface area contributed by atoms with E-state index >= 15 is 0 Å². The van der Waals surface area contributed by atoms with Gasteiger partial charge in [-0.05, 0) is 84.6 Å². The largest absolute Gasteiger partial charge is 0.492 e. The van der Waals surface area contributed by atoms with Crippen LogP contribution in [0.25, 0.3) is 0 Å². The van der Waals surface area contributed by atoms with Gasteiger partial charge in [0.05, 0.1) is 16.0 Å². The van der Waals surface area contributed by atoms with Gasteiger partial charge in [0.1, 0.15) is 11.5 Å². The summed E-state index contributed by atoms with van der Waals surface area (Å²) < 4.78 is 38.6. The quantitative estimate of drug-likeness (QED) is 0.331. The van der Waals surface area contributed by atoms with E-state index in [2.05, 4.69) is 31.1 Å². The third kappa shape index (κ3) is 6.49. The molecule has 1 heterocycles. The molecule has 0 aliphatic carbocycles. The number of halogens is 2. The first kappa shape index (κ1) is 25.1. The Bertz CT molecular complexity index is 1260. The minimum Gasteiger partial charge on any atom is -0.492 e. The number of aryl methyl sites for hydroxylation is 2. The van der Waals surface area contributed by atoms with Gasteiger partial charge in [-0.3, -0.25) is 9.52 Å². The Morgan fingerprint density at radius 2 is 1.88 bits per heavy atom. The van der Waals surface area contributed by atoms with E-state index in [1.165, 1.54) is 30.3 Å². The highest BCUT2D eigenvalue weighted by Crippen LogP contribution is 2.35. The van der Waals surface area contributed by atoms with Crippen LogP contribution in [0.2, 0.25) is 5.02 Å². The van der Waals surface area contributed by atoms with Crippen LogP contribution in [-0.2, 0) is 14.8 Å². The fourth-order valence-electron chi connectivity index (χ4n) is 2.97. The van der Waals surface area contributed by atoms with Crippen LogP contribution in [0.3, 0.4) is 0 Å². The highest BCUT2D eigenvalue weighted by atomic mass is 79.9. The molecule has 0 aliphatic heterocycles. The molecule has 0 unspecified atom stereocenters. The van der Waals surface area contributed by atoms with Crippen molar-refractivity contribution in [3.8, 4) is 5.75 Å². The van der Waals surface area contributed by atoms with E-state index < -0.39 is 10.0 Å². The number of nitrogens with zero attached hydrogens (tertiary/aromatic N) is 1. The fourth-order valence-corrected chi connectivity index (χ4v) is 4.65. The van der Waals surface area contributed by atoms with Crippen molar-refractivity contribution in [2.75, 3.05) is 16.6 Å². The van der Waals surface area contributed by atoms with E-state index in [1.807, 2.05) is 19.9 Å². The summed E-state index contributed by atoms with van der Waals surface area (Å²) in [5.41, 5.74) is 2.31. The normalized spacial score (nSPS) is 11.3. The number of anilines is 2. The predicted molar refractivity (Wildman–Crippen MR) is 130 cm³/mol. The summed E-state index contributed by atoms with van der Waals surface area (Å²) in [4.78, 5) is 12.3. The number of sulfonamides is 1. The van der Waals surface area contributed by atoms with E-state index in [0.29, 0.717) is 35.2 Å². The summed E-state index contributed by atoms with van der Waals surface area (Å²) in [6, 6.07) is 9.17. The topological polar surface area (TPSA) is 111 Å². The highest BCUT2D eigenvalue weighted by molar-refractivity contribution is 9.10. The highest BCUT2D eigenvalue weighted by Gasteiger charge is 2.16. The third-order valence-corrected chi connectivity index (χ3v) is 7.63. The minimum atomic E-state index is -3.82. The number of carbonyl (C=O) groups is 1. The van der Waals surface area contributed by atoms with E-state index in [9.17, 15) is 13.2 Å². The van der Waals surface area contributed by atoms with Crippen LogP contribution < -0.4 is 14.8 Å². The zero-order chi connectivity index (χ0) is 24.2. The first-order valence-corrected chi connectivity index (χ1v) is 12.7. The number of hydrogen-bond acceptors (Lipinski definition) is 6. The van der Waals surface area contributed by atoms with Crippen molar-refractivity contribution in [1.82, 2.24) is 5.16 Å². The average Bonchev–Trinajstić information content (AvgIpc) is 3.17. The number of aromatic nitrogens is 1. The molecule has 0 aliphatic rings. The first-order valence-electron chi connectivity index (χ1n) is 10.0. The summed E-state index contributed by atoms with van der Waals surface area (Å²) in [7, 11) is -3.82. The monoisotopic (exact) mass is 555 g/mol. The van der Waals surface area contributed by atoms with Crippen molar-refractivity contribution in [3.63, 3.8) is 0 Å². The molecular formula is C22H23BrClN3O5S. The molecule has 2 N–H and O–H groups in total. The SMILES string of the molecule is Cc1cc(NS(=O)(=O)c2ccc(NC(=O)CCCOc3cc(C)c(Cl)c(C)c3Br)cc2)no1. The molecular weight excluding hydrogens is 534 g/mol. The molecule has 11 heteroatoms. The van der Waals surface area contributed by atoms with Gasteiger partial charge >= 0.3 is 0 Å². The molecule has 0 radical (unpaired) electrons. The molecule has 2 aromatic carbocycles. The summed E-state index contributed by atoms with van der Waals surface area (Å²) in [5.74, 6) is 1.07. The van der Waals surface area contributed by atoms with Gasteiger partial charge in [0.15, 0.2) is 5.82 Å². The van der Waals surface area contributed by atoms with E-state index in [4.69, 9.17) is 20.9 Å². The standard InChI is InChI=1S/C22H23BrClN3O5S/c1-13-11-18(21(23)15(3)22(13)24)31-10-4-5-20(28)25-16-6-8-17(9-7-16)33(29,30)27-19-12-14(2)32-26-19/h6-9,11-12H,4-5,10H2,1-3H3,(H,25,28)(H,26,27). The molecule has 1 amide bonds. The molecule has 0 saturated heterocycles. The van der Waals surface area contributed by atoms with Gasteiger partial charge in [-0.25, -0.2) is 8.42 Å². The lowest BCUT2D eigenvalue weighted by Crippen LogP contribution is -2.14. The maximum Gasteiger partial charge on any atom is 0.263 e. The lowest BCUT2D eigenvalue weighted by molar-refractivity contribution is -0.116. The van der Waals surface area contributed by atoms with Gasteiger partial charge < -0.3 is 14.6 Å². The number of rotatable bonds is 9. The second kappa shape index (κ2) is 10.6. The van der Waals surface area contributed by atoms with Gasteiger partial charge in [-0.15, -0.1) is 0 Å². The van der Waals surface area contributed by atoms with Crippen molar-refractivity contribution < 1.29 is 22.5 Å². The number of hydrogen-bond donors (Lipinski definition) is 2. The zero-order valence-corrected chi connectivity index (χ0v) is 21.4. The third-order valence-electron chi connectivity index (χ3n) is 4.69. The molecule has 8 nitrogen and oxygen atoms in total. The Hall–Kier alpha value is -2.56. The van der Waals surface area contributed by atoms with Crippen molar-refractivity contribution in [2.45, 2.75) is 38.5 Å². The second-order valence-electron chi connectivity index (χ2n) is 7.40. The van der Waals surface area contributed by atoms with Gasteiger partial charge in [-0.1, -0.05) is 16.8 Å². The number of nitrogens with one attached hydrogen (secondary N) is 2. The van der Waals surface area contributed by atoms with Gasteiger partial charge in [0.2, 0.25) is 5.91 Å². The van der Waals surface area contributed by atoms with Gasteiger partial charge in [-0.2, -0.15) is 0 Å². The lowest BCUT2D eigenvalue weighted by Gasteiger charge is -2.13. The predicted octanol–water partition coefficient (Wildman–Crippen LogP) is 5.61. The molecule has 3 rings (SSSR count). The number of ether oxygens (including phenoxy) is 1. The lowest BCUT2D eigenvalue weighted by atomic mass is 10.1. The molecule has 176 valence electrons. The molecule has 0 fully saturated rings. The van der Waals surface area contributed by atoms with E-state index in [-0.39, 0.29) is 23.0 Å². The van der Waals surface area contributed by atoms with Crippen LogP contribution in [0.4, 0.5) is 11.5 Å². The smallest absolute Gasteiger partial charge is 0.263 e. The number of carbonyl (C=O) groups excluding carboxylic acids is 1. The summed E-state index contributed by atoms with van der Waals surface area (Å²) in [5, 5.41) is 7.05.